The zero-order chi connectivity index (χ0) is 15.1. The summed E-state index contributed by atoms with van der Waals surface area (Å²) < 4.78 is 53.1. The van der Waals surface area contributed by atoms with E-state index >= 15 is 0 Å². The highest BCUT2D eigenvalue weighted by Crippen LogP contribution is 2.34. The summed E-state index contributed by atoms with van der Waals surface area (Å²) in [6.45, 7) is 1.32. The number of hydrogen-bond donors (Lipinski definition) is 1. The maximum absolute atomic E-state index is 13.4. The summed E-state index contributed by atoms with van der Waals surface area (Å²) in [6.07, 6.45) is -4.13. The van der Waals surface area contributed by atoms with E-state index in [9.17, 15) is 22.4 Å². The molecule has 0 aliphatic heterocycles. The Hall–Kier alpha value is -2.38. The minimum atomic E-state index is -4.85. The van der Waals surface area contributed by atoms with Crippen molar-refractivity contribution in [3.63, 3.8) is 0 Å². The highest BCUT2D eigenvalue weighted by Gasteiger charge is 2.40. The molecule has 0 fully saturated rings. The largest absolute Gasteiger partial charge is 0.434 e. The lowest BCUT2D eigenvalue weighted by Crippen LogP contribution is -2.21. The summed E-state index contributed by atoms with van der Waals surface area (Å²) in [7, 11) is 0. The number of nitrogens with two attached hydrogens (primary N) is 1. The van der Waals surface area contributed by atoms with Gasteiger partial charge in [-0.3, -0.25) is 4.79 Å². The second-order valence-electron chi connectivity index (χ2n) is 4.06. The molecule has 2 rings (SSSR count). The molecular formula is C12H9F4N3O. The Bertz CT molecular complexity index is 676. The number of amides is 1. The second-order valence-corrected chi connectivity index (χ2v) is 4.06. The summed E-state index contributed by atoms with van der Waals surface area (Å²) >= 11 is 0. The van der Waals surface area contributed by atoms with Gasteiger partial charge in [0.05, 0.1) is 17.4 Å². The minimum absolute atomic E-state index is 0.0166. The molecule has 0 aliphatic carbocycles. The van der Waals surface area contributed by atoms with Crippen LogP contribution in [0.3, 0.4) is 0 Å². The smallest absolute Gasteiger partial charge is 0.365 e. The molecule has 106 valence electrons. The van der Waals surface area contributed by atoms with Gasteiger partial charge in [-0.15, -0.1) is 0 Å². The summed E-state index contributed by atoms with van der Waals surface area (Å²) in [4.78, 5) is 11.1. The van der Waals surface area contributed by atoms with Gasteiger partial charge in [-0.2, -0.15) is 18.3 Å². The standard InChI is InChI=1S/C12H9F4N3O/c1-6-8(13)3-2-4-9(6)19-10(12(14,15)16)7(5-18-19)11(17)20/h2-5H,1H3,(H2,17,20). The number of carbonyl (C=O) groups is 1. The van der Waals surface area contributed by atoms with Crippen molar-refractivity contribution in [1.29, 1.82) is 0 Å². The number of nitrogens with zero attached hydrogens (tertiary/aromatic N) is 2. The lowest BCUT2D eigenvalue weighted by atomic mass is 10.1. The molecule has 1 amide bonds. The Balaban J connectivity index is 2.76. The van der Waals surface area contributed by atoms with E-state index in [1.165, 1.54) is 19.1 Å². The van der Waals surface area contributed by atoms with Crippen LogP contribution in [0, 0.1) is 12.7 Å². The molecule has 0 bridgehead atoms. The third-order valence-corrected chi connectivity index (χ3v) is 2.77. The van der Waals surface area contributed by atoms with E-state index < -0.39 is 29.2 Å². The third kappa shape index (κ3) is 2.24. The van der Waals surface area contributed by atoms with Gasteiger partial charge < -0.3 is 5.73 Å². The first-order valence-corrected chi connectivity index (χ1v) is 5.44. The number of benzene rings is 1. The van der Waals surface area contributed by atoms with Crippen LogP contribution in [-0.2, 0) is 6.18 Å². The van der Waals surface area contributed by atoms with Gasteiger partial charge in [0.2, 0.25) is 0 Å². The van der Waals surface area contributed by atoms with Gasteiger partial charge in [-0.1, -0.05) is 6.07 Å². The Labute approximate surface area is 110 Å². The predicted octanol–water partition coefficient (Wildman–Crippen LogP) is 2.44. The molecule has 1 heterocycles. The monoisotopic (exact) mass is 287 g/mol. The normalized spacial score (nSPS) is 11.7. The molecule has 0 atom stereocenters. The number of hydrogen-bond acceptors (Lipinski definition) is 2. The van der Waals surface area contributed by atoms with Gasteiger partial charge in [-0.05, 0) is 19.1 Å². The van der Waals surface area contributed by atoms with Gasteiger partial charge in [0.25, 0.3) is 5.91 Å². The maximum Gasteiger partial charge on any atom is 0.434 e. The van der Waals surface area contributed by atoms with Crippen LogP contribution in [-0.4, -0.2) is 15.7 Å². The van der Waals surface area contributed by atoms with E-state index in [2.05, 4.69) is 5.10 Å². The van der Waals surface area contributed by atoms with Crippen LogP contribution in [0.4, 0.5) is 17.6 Å². The zero-order valence-corrected chi connectivity index (χ0v) is 10.2. The number of primary amides is 1. The number of rotatable bonds is 2. The fraction of sp³-hybridized carbons (Fsp3) is 0.167. The summed E-state index contributed by atoms with van der Waals surface area (Å²) in [6, 6.07) is 3.64. The first-order chi connectivity index (χ1) is 9.23. The lowest BCUT2D eigenvalue weighted by Gasteiger charge is -2.13. The first-order valence-electron chi connectivity index (χ1n) is 5.44. The van der Waals surface area contributed by atoms with Gasteiger partial charge in [0.1, 0.15) is 5.82 Å². The SMILES string of the molecule is Cc1c(F)cccc1-n1ncc(C(N)=O)c1C(F)(F)F. The number of aromatic nitrogens is 2. The fourth-order valence-corrected chi connectivity index (χ4v) is 1.81. The van der Waals surface area contributed by atoms with Crippen molar-refractivity contribution < 1.29 is 22.4 Å². The van der Waals surface area contributed by atoms with Crippen molar-refractivity contribution in [2.45, 2.75) is 13.1 Å². The van der Waals surface area contributed by atoms with Gasteiger partial charge in [0, 0.05) is 5.56 Å². The van der Waals surface area contributed by atoms with Crippen LogP contribution in [0.15, 0.2) is 24.4 Å². The van der Waals surface area contributed by atoms with Crippen molar-refractivity contribution in [2.75, 3.05) is 0 Å². The average molecular weight is 287 g/mol. The lowest BCUT2D eigenvalue weighted by molar-refractivity contribution is -0.143. The topological polar surface area (TPSA) is 60.9 Å². The predicted molar refractivity (Wildman–Crippen MR) is 61.8 cm³/mol. The fourth-order valence-electron chi connectivity index (χ4n) is 1.81. The maximum atomic E-state index is 13.4. The van der Waals surface area contributed by atoms with Crippen molar-refractivity contribution in [2.24, 2.45) is 5.73 Å². The molecule has 0 unspecified atom stereocenters. The van der Waals surface area contributed by atoms with Crippen LogP contribution < -0.4 is 5.73 Å². The van der Waals surface area contributed by atoms with Crippen LogP contribution in [0.25, 0.3) is 5.69 Å². The molecule has 0 radical (unpaired) electrons. The zero-order valence-electron chi connectivity index (χ0n) is 10.2. The number of halogens is 4. The van der Waals surface area contributed by atoms with Crippen LogP contribution >= 0.6 is 0 Å². The van der Waals surface area contributed by atoms with Crippen LogP contribution in [0.2, 0.25) is 0 Å². The number of alkyl halides is 3. The molecule has 1 aromatic carbocycles. The molecule has 8 heteroatoms. The molecule has 4 nitrogen and oxygen atoms in total. The van der Waals surface area contributed by atoms with Crippen molar-refractivity contribution in [3.05, 3.63) is 47.0 Å². The molecule has 0 saturated heterocycles. The van der Waals surface area contributed by atoms with Crippen LogP contribution in [0.1, 0.15) is 21.6 Å². The van der Waals surface area contributed by atoms with Gasteiger partial charge in [0.15, 0.2) is 5.69 Å². The Morgan fingerprint density at radius 1 is 1.35 bits per heavy atom. The Morgan fingerprint density at radius 2 is 2.00 bits per heavy atom. The van der Waals surface area contributed by atoms with Crippen molar-refractivity contribution in [1.82, 2.24) is 9.78 Å². The molecule has 0 aliphatic rings. The van der Waals surface area contributed by atoms with E-state index in [0.717, 1.165) is 12.3 Å². The van der Waals surface area contributed by atoms with Crippen LogP contribution in [0.5, 0.6) is 0 Å². The van der Waals surface area contributed by atoms with E-state index in [1.807, 2.05) is 0 Å². The highest BCUT2D eigenvalue weighted by molar-refractivity contribution is 5.94. The molecule has 1 aromatic heterocycles. The highest BCUT2D eigenvalue weighted by atomic mass is 19.4. The quantitative estimate of drug-likeness (QED) is 0.862. The second kappa shape index (κ2) is 4.62. The molecule has 0 spiro atoms. The molecule has 2 N–H and O–H groups in total. The van der Waals surface area contributed by atoms with Gasteiger partial charge >= 0.3 is 6.18 Å². The average Bonchev–Trinajstić information content (AvgIpc) is 2.77. The molecule has 20 heavy (non-hydrogen) atoms. The van der Waals surface area contributed by atoms with E-state index in [0.29, 0.717) is 4.68 Å². The Morgan fingerprint density at radius 3 is 2.55 bits per heavy atom. The van der Waals surface area contributed by atoms with E-state index in [-0.39, 0.29) is 11.3 Å². The minimum Gasteiger partial charge on any atom is -0.365 e. The van der Waals surface area contributed by atoms with Crippen molar-refractivity contribution >= 4 is 5.91 Å². The van der Waals surface area contributed by atoms with E-state index in [1.54, 1.807) is 0 Å². The van der Waals surface area contributed by atoms with Crippen molar-refractivity contribution in [3.8, 4) is 5.69 Å². The molecular weight excluding hydrogens is 278 g/mol. The first kappa shape index (κ1) is 14.0. The number of carbonyl (C=O) groups excluding carboxylic acids is 1. The van der Waals surface area contributed by atoms with E-state index in [4.69, 9.17) is 5.73 Å². The Kier molecular flexibility index (Phi) is 3.24. The third-order valence-electron chi connectivity index (χ3n) is 2.77. The molecule has 2 aromatic rings. The summed E-state index contributed by atoms with van der Waals surface area (Å²) in [5.74, 6) is -1.93. The van der Waals surface area contributed by atoms with Gasteiger partial charge in [-0.25, -0.2) is 9.07 Å². The molecule has 0 saturated carbocycles. The summed E-state index contributed by atoms with van der Waals surface area (Å²) in [5.41, 5.74) is 2.70. The summed E-state index contributed by atoms with van der Waals surface area (Å²) in [5, 5.41) is 3.51.